The largest absolute Gasteiger partial charge is 0.381 e. The number of benzene rings is 1. The molecule has 0 spiro atoms. The fourth-order valence-corrected chi connectivity index (χ4v) is 3.60. The molecule has 2 saturated heterocycles. The van der Waals surface area contributed by atoms with Gasteiger partial charge >= 0.3 is 0 Å². The predicted octanol–water partition coefficient (Wildman–Crippen LogP) is 1.11. The first kappa shape index (κ1) is 20.3. The summed E-state index contributed by atoms with van der Waals surface area (Å²) in [6, 6.07) is 10.5. The third kappa shape index (κ3) is 7.22. The van der Waals surface area contributed by atoms with Crippen LogP contribution in [0.3, 0.4) is 0 Å². The number of nitrogens with zero attached hydrogens (tertiary/aromatic N) is 3. The van der Waals surface area contributed by atoms with Crippen LogP contribution in [0.15, 0.2) is 30.3 Å². The fourth-order valence-electron chi connectivity index (χ4n) is 3.60. The number of amides is 1. The maximum absolute atomic E-state index is 12.4. The minimum atomic E-state index is 0.265. The van der Waals surface area contributed by atoms with Crippen molar-refractivity contribution in [2.45, 2.75) is 12.8 Å². The molecule has 2 fully saturated rings. The molecule has 0 aromatic heterocycles. The molecule has 150 valence electrons. The number of piperazine rings is 1. The lowest BCUT2D eigenvalue weighted by Crippen LogP contribution is -2.52. The summed E-state index contributed by atoms with van der Waals surface area (Å²) in [5.41, 5.74) is 1.33. The van der Waals surface area contributed by atoms with Gasteiger partial charge < -0.3 is 14.4 Å². The van der Waals surface area contributed by atoms with Gasteiger partial charge in [-0.1, -0.05) is 30.3 Å². The lowest BCUT2D eigenvalue weighted by atomic mass is 10.2. The Labute approximate surface area is 163 Å². The van der Waals surface area contributed by atoms with Gasteiger partial charge in [0.1, 0.15) is 0 Å². The Balaban J connectivity index is 1.21. The highest BCUT2D eigenvalue weighted by Gasteiger charge is 2.23. The average molecular weight is 376 g/mol. The number of hydrogen-bond acceptors (Lipinski definition) is 5. The molecule has 3 rings (SSSR count). The van der Waals surface area contributed by atoms with E-state index in [0.717, 1.165) is 85.1 Å². The van der Waals surface area contributed by atoms with Crippen molar-refractivity contribution < 1.29 is 14.3 Å². The first-order chi connectivity index (χ1) is 13.3. The minimum absolute atomic E-state index is 0.265. The highest BCUT2D eigenvalue weighted by atomic mass is 16.5. The second kappa shape index (κ2) is 11.4. The monoisotopic (exact) mass is 375 g/mol. The summed E-state index contributed by atoms with van der Waals surface area (Å²) in [5, 5.41) is 0. The van der Waals surface area contributed by atoms with Gasteiger partial charge in [-0.2, -0.15) is 0 Å². The number of hydrogen-bond donors (Lipinski definition) is 0. The Morgan fingerprint density at radius 1 is 0.926 bits per heavy atom. The van der Waals surface area contributed by atoms with Crippen LogP contribution >= 0.6 is 0 Å². The van der Waals surface area contributed by atoms with Crippen molar-refractivity contribution in [2.24, 2.45) is 0 Å². The third-order valence-corrected chi connectivity index (χ3v) is 5.33. The van der Waals surface area contributed by atoms with Crippen LogP contribution in [-0.2, 0) is 20.7 Å². The molecule has 1 amide bonds. The zero-order valence-corrected chi connectivity index (χ0v) is 16.4. The topological polar surface area (TPSA) is 45.2 Å². The van der Waals surface area contributed by atoms with Crippen LogP contribution in [0, 0.1) is 0 Å². The number of rotatable bonds is 9. The molecule has 0 aliphatic carbocycles. The molecular formula is C21H33N3O3. The first-order valence-corrected chi connectivity index (χ1v) is 10.2. The second-order valence-electron chi connectivity index (χ2n) is 7.31. The zero-order valence-electron chi connectivity index (χ0n) is 16.4. The summed E-state index contributed by atoms with van der Waals surface area (Å²) in [6.45, 7) is 10.1. The van der Waals surface area contributed by atoms with Gasteiger partial charge in [-0.25, -0.2) is 0 Å². The molecule has 0 radical (unpaired) electrons. The summed E-state index contributed by atoms with van der Waals surface area (Å²) in [4.78, 5) is 19.1. The quantitative estimate of drug-likeness (QED) is 0.605. The van der Waals surface area contributed by atoms with Crippen LogP contribution in [0.4, 0.5) is 0 Å². The highest BCUT2D eigenvalue weighted by molar-refractivity contribution is 5.78. The summed E-state index contributed by atoms with van der Waals surface area (Å²) in [5.74, 6) is 0.265. The summed E-state index contributed by atoms with van der Waals surface area (Å²) in [6.07, 6.45) is 2.03. The van der Waals surface area contributed by atoms with Crippen LogP contribution in [-0.4, -0.2) is 99.4 Å². The van der Waals surface area contributed by atoms with Crippen LogP contribution in [0.1, 0.15) is 12.0 Å². The standard InChI is InChI=1S/C21H33N3O3/c25-21(19-23-13-17-27-18-14-23)24-11-9-22(10-12-24)8-4-15-26-16-7-20-5-2-1-3-6-20/h1-3,5-6H,4,7-19H2. The molecule has 1 aromatic carbocycles. The van der Waals surface area contributed by atoms with Crippen LogP contribution in [0.2, 0.25) is 0 Å². The van der Waals surface area contributed by atoms with Crippen molar-refractivity contribution in [2.75, 3.05) is 78.8 Å². The molecule has 0 N–H and O–H groups in total. The first-order valence-electron chi connectivity index (χ1n) is 10.2. The van der Waals surface area contributed by atoms with Gasteiger partial charge in [0, 0.05) is 52.4 Å². The smallest absolute Gasteiger partial charge is 0.236 e. The molecule has 27 heavy (non-hydrogen) atoms. The van der Waals surface area contributed by atoms with Crippen molar-refractivity contribution in [1.29, 1.82) is 0 Å². The van der Waals surface area contributed by atoms with Gasteiger partial charge in [-0.15, -0.1) is 0 Å². The van der Waals surface area contributed by atoms with Gasteiger partial charge in [0.2, 0.25) is 5.91 Å². The van der Waals surface area contributed by atoms with E-state index < -0.39 is 0 Å². The minimum Gasteiger partial charge on any atom is -0.381 e. The highest BCUT2D eigenvalue weighted by Crippen LogP contribution is 2.06. The maximum Gasteiger partial charge on any atom is 0.236 e. The molecular weight excluding hydrogens is 342 g/mol. The lowest BCUT2D eigenvalue weighted by molar-refractivity contribution is -0.135. The van der Waals surface area contributed by atoms with E-state index in [9.17, 15) is 4.79 Å². The second-order valence-corrected chi connectivity index (χ2v) is 7.31. The van der Waals surface area contributed by atoms with Crippen molar-refractivity contribution in [3.05, 3.63) is 35.9 Å². The molecule has 0 saturated carbocycles. The van der Waals surface area contributed by atoms with Crippen molar-refractivity contribution in [3.8, 4) is 0 Å². The normalized spacial score (nSPS) is 19.3. The summed E-state index contributed by atoms with van der Waals surface area (Å²) >= 11 is 0. The molecule has 2 aliphatic heterocycles. The Hall–Kier alpha value is -1.47. The number of ether oxygens (including phenoxy) is 2. The van der Waals surface area contributed by atoms with Crippen molar-refractivity contribution in [1.82, 2.24) is 14.7 Å². The molecule has 0 bridgehead atoms. The lowest BCUT2D eigenvalue weighted by Gasteiger charge is -2.36. The molecule has 0 unspecified atom stereocenters. The molecule has 0 atom stereocenters. The summed E-state index contributed by atoms with van der Waals surface area (Å²) < 4.78 is 11.1. The van der Waals surface area contributed by atoms with Gasteiger partial charge in [-0.3, -0.25) is 14.6 Å². The number of carbonyl (C=O) groups is 1. The van der Waals surface area contributed by atoms with Gasteiger partial charge in [0.25, 0.3) is 0 Å². The molecule has 6 nitrogen and oxygen atoms in total. The zero-order chi connectivity index (χ0) is 18.7. The molecule has 1 aromatic rings. The average Bonchev–Trinajstić information content (AvgIpc) is 2.72. The van der Waals surface area contributed by atoms with E-state index in [1.54, 1.807) is 0 Å². The Bertz CT molecular complexity index is 541. The third-order valence-electron chi connectivity index (χ3n) is 5.33. The fraction of sp³-hybridized carbons (Fsp3) is 0.667. The van der Waals surface area contributed by atoms with E-state index in [1.807, 2.05) is 11.0 Å². The van der Waals surface area contributed by atoms with E-state index in [4.69, 9.17) is 9.47 Å². The van der Waals surface area contributed by atoms with Crippen LogP contribution in [0.25, 0.3) is 0 Å². The van der Waals surface area contributed by atoms with Gasteiger partial charge in [-0.05, 0) is 18.4 Å². The maximum atomic E-state index is 12.4. The van der Waals surface area contributed by atoms with E-state index >= 15 is 0 Å². The van der Waals surface area contributed by atoms with Crippen molar-refractivity contribution in [3.63, 3.8) is 0 Å². The van der Waals surface area contributed by atoms with E-state index in [2.05, 4.69) is 34.1 Å². The summed E-state index contributed by atoms with van der Waals surface area (Å²) in [7, 11) is 0. The van der Waals surface area contributed by atoms with Gasteiger partial charge in [0.15, 0.2) is 0 Å². The van der Waals surface area contributed by atoms with Crippen molar-refractivity contribution >= 4 is 5.91 Å². The SMILES string of the molecule is O=C(CN1CCOCC1)N1CCN(CCCOCCc2ccccc2)CC1. The number of morpholine rings is 1. The van der Waals surface area contributed by atoms with E-state index in [0.29, 0.717) is 6.54 Å². The molecule has 2 aliphatic rings. The molecule has 6 heteroatoms. The Morgan fingerprint density at radius 2 is 1.67 bits per heavy atom. The van der Waals surface area contributed by atoms with Crippen LogP contribution in [0.5, 0.6) is 0 Å². The number of carbonyl (C=O) groups excluding carboxylic acids is 1. The van der Waals surface area contributed by atoms with E-state index in [1.165, 1.54) is 5.56 Å². The van der Waals surface area contributed by atoms with Gasteiger partial charge in [0.05, 0.1) is 26.4 Å². The molecule has 2 heterocycles. The van der Waals surface area contributed by atoms with E-state index in [-0.39, 0.29) is 5.91 Å². The Morgan fingerprint density at radius 3 is 2.41 bits per heavy atom. The predicted molar refractivity (Wildman–Crippen MR) is 106 cm³/mol. The Kier molecular flexibility index (Phi) is 8.55. The van der Waals surface area contributed by atoms with Crippen LogP contribution < -0.4 is 0 Å².